The van der Waals surface area contributed by atoms with Crippen molar-refractivity contribution in [1.29, 1.82) is 0 Å². The molecule has 0 spiro atoms. The Morgan fingerprint density at radius 1 is 0.620 bits per heavy atom. The van der Waals surface area contributed by atoms with Gasteiger partial charge in [-0.05, 0) is 268 Å². The number of ketones is 1. The van der Waals surface area contributed by atoms with Crippen LogP contribution >= 0.6 is 7.14 Å². The molecule has 0 radical (unpaired) electrons. The lowest BCUT2D eigenvalue weighted by Crippen LogP contribution is -2.49. The van der Waals surface area contributed by atoms with Crippen LogP contribution in [0, 0.1) is 33.5 Å². The fourth-order valence-electron chi connectivity index (χ4n) is 17.7. The Kier molecular flexibility index (Phi) is 26.9. The fraction of sp³-hybridized carbons (Fsp3) is 0.690. The molecule has 6 saturated carbocycles. The van der Waals surface area contributed by atoms with Gasteiger partial charge in [0.2, 0.25) is 0 Å². The molecule has 558 valence electrons. The Bertz CT molecular complexity index is 3280. The summed E-state index contributed by atoms with van der Waals surface area (Å²) < 4.78 is 40.0. The van der Waals surface area contributed by atoms with Crippen molar-refractivity contribution in [1.82, 2.24) is 0 Å². The normalized spacial score (nSPS) is 29.0. The molecule has 1 aliphatic heterocycles. The third-order valence-electron chi connectivity index (χ3n) is 25.6. The topological polar surface area (TPSA) is 132 Å². The summed E-state index contributed by atoms with van der Waals surface area (Å²) in [4.78, 5) is 12.4. The predicted molar refractivity (Wildman–Crippen MR) is 429 cm³/mol. The summed E-state index contributed by atoms with van der Waals surface area (Å²) in [5, 5.41) is 32.3. The van der Waals surface area contributed by atoms with Crippen LogP contribution in [0.4, 0.5) is 0 Å². The number of aliphatic hydroxyl groups is 3. The molecule has 1 saturated heterocycles. The van der Waals surface area contributed by atoms with Crippen LogP contribution in [0.3, 0.4) is 0 Å². The van der Waals surface area contributed by atoms with Gasteiger partial charge in [-0.2, -0.15) is 0 Å². The average molecular weight is 1440 g/mol. The molecule has 13 heteroatoms. The van der Waals surface area contributed by atoms with E-state index >= 15 is 0 Å². The van der Waals surface area contributed by atoms with Gasteiger partial charge < -0.3 is 37.9 Å². The number of hydrogen-bond acceptors (Lipinski definition) is 9. The SMILES string of the molecule is C1CCOC1.C=C1/C(=C\C=C2/CCC[C@]3(C)C(C4(CCCC(C)(C)O)CC4)=CCC23)CC(O)C[C@@H]1O.C=C1/C(=C\CP(=O)(c2ccccc2)c2ccccc2)CC(O[Si](C)(C)C(C)(C)C)C[C@@H]1O[Si](C)(C)C(C)(C)C.CC(C)(CCCC1(C2=CCC3C(=O)CCC[C@]23C)CC1)O[Si](C)(C)C. The molecular formula is C87H139O9PSi3. The standard InChI is InChI=1S/C33H51O3PSi2.C28H42O3.C22H38O2Si.C4H8O/c1-26-27(22-23-37(34,29-18-14-12-15-19-29)30-20-16-13-17-21-30)24-28(35-38(8,9)32(2,3)4)25-31(26)36-39(10,11)33(5,6)7;1-19-21(17-22(29)18-24(19)30)9-8-20-7-5-13-27(4)23(20)10-11-25(27)28(15-16-28)14-6-12-26(2,3)31;1-20(2,24-25(4,5)6)12-8-14-22(15-16-22)19-11-10-17-18(23)9-7-13-21(17,19)3;1-2-4-5-3-1/h12-22,28,31H,1,23-25H2,2-11H3;8-9,11,22-24,29-31H,1,5-7,10,12-18H2,2-4H3;11,17H,7-10,12-16H2,1-6H3;1-4H2/b27-22-;20-8+,21-9-;;/t28?,31-;22?,23?,24-,27-;17?,21-;/m000./s1. The minimum Gasteiger partial charge on any atom is -0.413 e. The third kappa shape index (κ3) is 20.7. The predicted octanol–water partition coefficient (Wildman–Crippen LogP) is 21.9. The zero-order valence-corrected chi connectivity index (χ0v) is 70.3. The van der Waals surface area contributed by atoms with Crippen molar-refractivity contribution in [2.24, 2.45) is 33.5 Å². The van der Waals surface area contributed by atoms with Crippen molar-refractivity contribution in [3.05, 3.63) is 143 Å². The minimum atomic E-state index is -2.87. The van der Waals surface area contributed by atoms with E-state index in [4.69, 9.17) is 18.0 Å². The second kappa shape index (κ2) is 32.5. The molecular weight excluding hydrogens is 1300 g/mol. The molecule has 100 heavy (non-hydrogen) atoms. The van der Waals surface area contributed by atoms with Crippen molar-refractivity contribution >= 4 is 48.5 Å². The van der Waals surface area contributed by atoms with Gasteiger partial charge in [0, 0.05) is 55.2 Å². The molecule has 7 fully saturated rings. The summed E-state index contributed by atoms with van der Waals surface area (Å²) in [7, 11) is -8.39. The zero-order valence-electron chi connectivity index (χ0n) is 66.4. The van der Waals surface area contributed by atoms with E-state index in [-0.39, 0.29) is 38.7 Å². The van der Waals surface area contributed by atoms with Crippen LogP contribution in [0.1, 0.15) is 237 Å². The second-order valence-electron chi connectivity index (χ2n) is 37.9. The molecule has 0 bridgehead atoms. The van der Waals surface area contributed by atoms with Crippen LogP contribution in [0.25, 0.3) is 0 Å². The summed E-state index contributed by atoms with van der Waals surface area (Å²) in [6, 6.07) is 19.8. The first kappa shape index (κ1) is 82.5. The minimum absolute atomic E-state index is 0.00213. The van der Waals surface area contributed by atoms with E-state index in [0.29, 0.717) is 47.5 Å². The van der Waals surface area contributed by atoms with Crippen molar-refractivity contribution in [2.75, 3.05) is 19.4 Å². The molecule has 8 atom stereocenters. The number of aliphatic hydroxyl groups excluding tert-OH is 2. The largest absolute Gasteiger partial charge is 0.413 e. The van der Waals surface area contributed by atoms with E-state index < -0.39 is 49.9 Å². The van der Waals surface area contributed by atoms with Gasteiger partial charge in [-0.3, -0.25) is 4.79 Å². The Morgan fingerprint density at radius 2 is 1.12 bits per heavy atom. The number of benzene rings is 2. The van der Waals surface area contributed by atoms with Gasteiger partial charge >= 0.3 is 0 Å². The van der Waals surface area contributed by atoms with E-state index in [2.05, 4.69) is 159 Å². The first-order valence-electron chi connectivity index (χ1n) is 39.2. The van der Waals surface area contributed by atoms with E-state index in [1.54, 1.807) is 11.1 Å². The van der Waals surface area contributed by atoms with Crippen LogP contribution in [-0.2, 0) is 27.4 Å². The van der Waals surface area contributed by atoms with Crippen LogP contribution in [0.5, 0.6) is 0 Å². The van der Waals surface area contributed by atoms with E-state index in [0.717, 1.165) is 110 Å². The van der Waals surface area contributed by atoms with E-state index in [1.165, 1.54) is 82.6 Å². The van der Waals surface area contributed by atoms with Gasteiger partial charge in [0.05, 0.1) is 35.6 Å². The fourth-order valence-corrected chi connectivity index (χ4v) is 24.6. The number of Topliss-reactive ketones (excluding diaryl/α,β-unsaturated/α-hetero) is 1. The number of hydrogen-bond donors (Lipinski definition) is 3. The summed E-state index contributed by atoms with van der Waals surface area (Å²) in [5.41, 5.74) is 9.55. The summed E-state index contributed by atoms with van der Waals surface area (Å²) >= 11 is 0. The van der Waals surface area contributed by atoms with Crippen LogP contribution < -0.4 is 10.6 Å². The summed E-state index contributed by atoms with van der Waals surface area (Å²) in [6.07, 6.45) is 37.2. The van der Waals surface area contributed by atoms with E-state index in [9.17, 15) is 24.7 Å². The van der Waals surface area contributed by atoms with Gasteiger partial charge in [0.15, 0.2) is 25.0 Å². The first-order chi connectivity index (χ1) is 46.4. The van der Waals surface area contributed by atoms with Gasteiger partial charge in [-0.1, -0.05) is 176 Å². The number of carbonyl (C=O) groups is 1. The maximum absolute atomic E-state index is 14.7. The van der Waals surface area contributed by atoms with Crippen LogP contribution in [0.15, 0.2) is 143 Å². The van der Waals surface area contributed by atoms with Crippen LogP contribution in [-0.4, -0.2) is 101 Å². The number of carbonyl (C=O) groups excluding carboxylic acids is 1. The number of allylic oxidation sites excluding steroid dienone is 8. The molecule has 0 amide bonds. The zero-order chi connectivity index (χ0) is 73.8. The van der Waals surface area contributed by atoms with Gasteiger partial charge in [0.1, 0.15) is 12.9 Å². The molecule has 9 aliphatic rings. The highest BCUT2D eigenvalue weighted by Gasteiger charge is 2.59. The first-order valence-corrected chi connectivity index (χ1v) is 50.3. The Morgan fingerprint density at radius 3 is 1.61 bits per heavy atom. The highest BCUT2D eigenvalue weighted by atomic mass is 31.2. The van der Waals surface area contributed by atoms with Crippen molar-refractivity contribution < 1.29 is 42.7 Å². The maximum Gasteiger partial charge on any atom is 0.192 e. The molecule has 8 aliphatic carbocycles. The summed E-state index contributed by atoms with van der Waals surface area (Å²) in [6.45, 7) is 53.7. The molecule has 1 heterocycles. The molecule has 4 unspecified atom stereocenters. The number of ether oxygens (including phenoxy) is 1. The Labute approximate surface area is 612 Å². The lowest BCUT2D eigenvalue weighted by Gasteiger charge is -2.45. The molecule has 11 rings (SSSR count). The molecule has 9 nitrogen and oxygen atoms in total. The third-order valence-corrected chi connectivity index (χ3v) is 38.7. The Balaban J connectivity index is 0.000000188. The lowest BCUT2D eigenvalue weighted by molar-refractivity contribution is -0.128. The number of rotatable bonds is 21. The molecule has 3 N–H and O–H groups in total. The van der Waals surface area contributed by atoms with Gasteiger partial charge in [0.25, 0.3) is 0 Å². The number of fused-ring (bicyclic) bond motifs is 2. The smallest absolute Gasteiger partial charge is 0.192 e. The molecule has 2 aromatic carbocycles. The van der Waals surface area contributed by atoms with Crippen molar-refractivity contribution in [3.8, 4) is 0 Å². The van der Waals surface area contributed by atoms with Crippen molar-refractivity contribution in [3.63, 3.8) is 0 Å². The van der Waals surface area contributed by atoms with E-state index in [1.807, 2.05) is 74.5 Å². The molecule has 0 aromatic heterocycles. The molecule has 2 aromatic rings. The van der Waals surface area contributed by atoms with Gasteiger partial charge in [-0.25, -0.2) is 0 Å². The maximum atomic E-state index is 14.7. The monoisotopic (exact) mass is 1440 g/mol. The highest BCUT2D eigenvalue weighted by molar-refractivity contribution is 7.78. The Hall–Kier alpha value is -3.11. The van der Waals surface area contributed by atoms with Gasteiger partial charge in [-0.15, -0.1) is 0 Å². The van der Waals surface area contributed by atoms with Crippen molar-refractivity contribution in [2.45, 2.75) is 329 Å². The quantitative estimate of drug-likeness (QED) is 0.0635. The average Bonchev–Trinajstić information content (AvgIpc) is 1.56. The van der Waals surface area contributed by atoms with Crippen LogP contribution in [0.2, 0.25) is 55.9 Å². The highest BCUT2D eigenvalue weighted by Crippen LogP contribution is 2.69. The lowest BCUT2D eigenvalue weighted by atomic mass is 9.61. The second-order valence-corrected chi connectivity index (χ2v) is 54.7. The summed E-state index contributed by atoms with van der Waals surface area (Å²) in [5.74, 6) is 1.40.